The number of halogens is 1. The van der Waals surface area contributed by atoms with Gasteiger partial charge in [-0.25, -0.2) is 0 Å². The van der Waals surface area contributed by atoms with E-state index in [2.05, 4.69) is 41.2 Å². The number of nitrogens with one attached hydrogen (secondary N) is 1. The van der Waals surface area contributed by atoms with Crippen molar-refractivity contribution >= 4 is 27.3 Å². The van der Waals surface area contributed by atoms with Gasteiger partial charge in [-0.2, -0.15) is 0 Å². The van der Waals surface area contributed by atoms with Crippen LogP contribution in [0.25, 0.3) is 0 Å². The van der Waals surface area contributed by atoms with Gasteiger partial charge in [0.15, 0.2) is 0 Å². The van der Waals surface area contributed by atoms with Crippen molar-refractivity contribution in [2.75, 3.05) is 7.11 Å². The summed E-state index contributed by atoms with van der Waals surface area (Å²) in [5.74, 6) is 1.75. The van der Waals surface area contributed by atoms with Crippen LogP contribution in [0.2, 0.25) is 0 Å². The van der Waals surface area contributed by atoms with Gasteiger partial charge in [0.2, 0.25) is 0 Å². The summed E-state index contributed by atoms with van der Waals surface area (Å²) in [6, 6.07) is 10.5. The van der Waals surface area contributed by atoms with E-state index in [1.54, 1.807) is 18.4 Å². The molecule has 0 amide bonds. The van der Waals surface area contributed by atoms with Crippen LogP contribution < -0.4 is 14.8 Å². The average molecular weight is 370 g/mol. The highest BCUT2D eigenvalue weighted by Gasteiger charge is 2.08. The predicted octanol–water partition coefficient (Wildman–Crippen LogP) is 4.60. The highest BCUT2D eigenvalue weighted by molar-refractivity contribution is 9.11. The molecule has 114 valence electrons. The molecule has 0 aliphatic carbocycles. The first-order valence-corrected chi connectivity index (χ1v) is 8.46. The van der Waals surface area contributed by atoms with E-state index < -0.39 is 0 Å². The average Bonchev–Trinajstić information content (AvgIpc) is 2.88. The van der Waals surface area contributed by atoms with Crippen LogP contribution in [0, 0.1) is 0 Å². The minimum atomic E-state index is 0.428. The number of methoxy groups -OCH3 is 1. The molecule has 0 saturated carbocycles. The Labute approximate surface area is 138 Å². The lowest BCUT2D eigenvalue weighted by atomic mass is 10.1. The van der Waals surface area contributed by atoms with Crippen molar-refractivity contribution in [1.29, 1.82) is 0 Å². The second kappa shape index (κ2) is 7.82. The summed E-state index contributed by atoms with van der Waals surface area (Å²) < 4.78 is 12.4. The molecule has 1 N–H and O–H groups in total. The van der Waals surface area contributed by atoms with Gasteiger partial charge in [-0.3, -0.25) is 0 Å². The van der Waals surface area contributed by atoms with Crippen LogP contribution in [0.15, 0.2) is 34.1 Å². The fourth-order valence-electron chi connectivity index (χ4n) is 1.85. The van der Waals surface area contributed by atoms with Gasteiger partial charge in [-0.05, 0) is 46.3 Å². The maximum absolute atomic E-state index is 5.96. The normalized spacial score (nSPS) is 10.9. The number of hydrogen-bond acceptors (Lipinski definition) is 4. The Kier molecular flexibility index (Phi) is 6.08. The van der Waals surface area contributed by atoms with Crippen molar-refractivity contribution in [3.05, 3.63) is 44.6 Å². The molecule has 1 heterocycles. The minimum absolute atomic E-state index is 0.428. The quantitative estimate of drug-likeness (QED) is 0.773. The first kappa shape index (κ1) is 16.3. The molecule has 0 bridgehead atoms. The van der Waals surface area contributed by atoms with Crippen LogP contribution in [0.1, 0.15) is 24.3 Å². The second-order valence-corrected chi connectivity index (χ2v) is 7.55. The maximum atomic E-state index is 5.96. The molecule has 0 spiro atoms. The van der Waals surface area contributed by atoms with E-state index in [0.717, 1.165) is 27.4 Å². The van der Waals surface area contributed by atoms with E-state index in [4.69, 9.17) is 9.47 Å². The highest BCUT2D eigenvalue weighted by Crippen LogP contribution is 2.27. The molecule has 3 nitrogen and oxygen atoms in total. The highest BCUT2D eigenvalue weighted by atomic mass is 79.9. The van der Waals surface area contributed by atoms with Gasteiger partial charge in [0.1, 0.15) is 18.1 Å². The van der Waals surface area contributed by atoms with Crippen LogP contribution in [0.5, 0.6) is 11.5 Å². The van der Waals surface area contributed by atoms with E-state index >= 15 is 0 Å². The molecular weight excluding hydrogens is 350 g/mol. The third kappa shape index (κ3) is 5.02. The Hall–Kier alpha value is -1.04. The van der Waals surface area contributed by atoms with Crippen LogP contribution in [-0.2, 0) is 13.2 Å². The van der Waals surface area contributed by atoms with Gasteiger partial charge >= 0.3 is 0 Å². The maximum Gasteiger partial charge on any atom is 0.124 e. The van der Waals surface area contributed by atoms with Crippen LogP contribution in [-0.4, -0.2) is 13.2 Å². The zero-order valence-corrected chi connectivity index (χ0v) is 14.9. The van der Waals surface area contributed by atoms with Gasteiger partial charge in [-0.1, -0.05) is 13.8 Å². The van der Waals surface area contributed by atoms with Crippen LogP contribution >= 0.6 is 27.3 Å². The van der Waals surface area contributed by atoms with E-state index in [1.165, 1.54) is 4.88 Å². The van der Waals surface area contributed by atoms with Crippen LogP contribution in [0.3, 0.4) is 0 Å². The molecule has 0 atom stereocenters. The number of ether oxygens (including phenoxy) is 2. The molecule has 0 fully saturated rings. The van der Waals surface area contributed by atoms with Gasteiger partial charge < -0.3 is 14.8 Å². The number of rotatable bonds is 7. The van der Waals surface area contributed by atoms with Gasteiger partial charge in [0, 0.05) is 23.0 Å². The third-order valence-corrected chi connectivity index (χ3v) is 4.56. The Morgan fingerprint density at radius 2 is 2.05 bits per heavy atom. The lowest BCUT2D eigenvalue weighted by molar-refractivity contribution is 0.304. The number of benzene rings is 1. The second-order valence-electron chi connectivity index (χ2n) is 5.00. The molecule has 0 saturated heterocycles. The summed E-state index contributed by atoms with van der Waals surface area (Å²) in [6.07, 6.45) is 0. The molecule has 0 radical (unpaired) electrons. The van der Waals surface area contributed by atoms with Crippen LogP contribution in [0.4, 0.5) is 0 Å². The Morgan fingerprint density at radius 3 is 2.67 bits per heavy atom. The lowest BCUT2D eigenvalue weighted by Gasteiger charge is -2.14. The smallest absolute Gasteiger partial charge is 0.124 e. The van der Waals surface area contributed by atoms with Crippen molar-refractivity contribution in [3.8, 4) is 11.5 Å². The zero-order chi connectivity index (χ0) is 15.2. The summed E-state index contributed by atoms with van der Waals surface area (Å²) in [6.45, 7) is 5.60. The first-order valence-electron chi connectivity index (χ1n) is 6.86. The fraction of sp³-hybridized carbons (Fsp3) is 0.375. The molecule has 0 aliphatic rings. The molecule has 1 aromatic heterocycles. The predicted molar refractivity (Wildman–Crippen MR) is 91.3 cm³/mol. The van der Waals surface area contributed by atoms with E-state index in [-0.39, 0.29) is 0 Å². The Morgan fingerprint density at radius 1 is 1.24 bits per heavy atom. The van der Waals surface area contributed by atoms with Crippen molar-refractivity contribution in [3.63, 3.8) is 0 Å². The zero-order valence-electron chi connectivity index (χ0n) is 12.5. The summed E-state index contributed by atoms with van der Waals surface area (Å²) in [4.78, 5) is 1.19. The fourth-order valence-corrected chi connectivity index (χ4v) is 3.25. The largest absolute Gasteiger partial charge is 0.497 e. The van der Waals surface area contributed by atoms with Crippen molar-refractivity contribution < 1.29 is 9.47 Å². The van der Waals surface area contributed by atoms with E-state index in [0.29, 0.717) is 12.6 Å². The molecule has 2 rings (SSSR count). The molecule has 0 unspecified atom stereocenters. The molecule has 0 aliphatic heterocycles. The molecule has 21 heavy (non-hydrogen) atoms. The van der Waals surface area contributed by atoms with E-state index in [9.17, 15) is 0 Å². The third-order valence-electron chi connectivity index (χ3n) is 2.97. The number of thiophene rings is 1. The van der Waals surface area contributed by atoms with Crippen molar-refractivity contribution in [2.45, 2.75) is 33.0 Å². The van der Waals surface area contributed by atoms with E-state index in [1.807, 2.05) is 24.3 Å². The monoisotopic (exact) mass is 369 g/mol. The summed E-state index contributed by atoms with van der Waals surface area (Å²) in [7, 11) is 1.68. The Balaban J connectivity index is 2.09. The molecular formula is C16H20BrNO2S. The Bertz CT molecular complexity index is 583. The summed E-state index contributed by atoms with van der Waals surface area (Å²) >= 11 is 5.16. The minimum Gasteiger partial charge on any atom is -0.497 e. The SMILES string of the molecule is COc1ccc(OCc2ccc(Br)s2)c(CNC(C)C)c1. The molecule has 5 heteroatoms. The summed E-state index contributed by atoms with van der Waals surface area (Å²) in [5.41, 5.74) is 1.11. The van der Waals surface area contributed by atoms with Crippen molar-refractivity contribution in [2.24, 2.45) is 0 Å². The lowest BCUT2D eigenvalue weighted by Crippen LogP contribution is -2.22. The standard InChI is InChI=1S/C16H20BrNO2S/c1-11(2)18-9-12-8-13(19-3)4-6-15(12)20-10-14-5-7-16(17)21-14/h4-8,11,18H,9-10H2,1-3H3. The first-order chi connectivity index (χ1) is 10.1. The van der Waals surface area contributed by atoms with Gasteiger partial charge in [0.05, 0.1) is 10.9 Å². The number of hydrogen-bond donors (Lipinski definition) is 1. The van der Waals surface area contributed by atoms with Gasteiger partial charge in [0.25, 0.3) is 0 Å². The van der Waals surface area contributed by atoms with Gasteiger partial charge in [-0.15, -0.1) is 11.3 Å². The molecule has 2 aromatic rings. The van der Waals surface area contributed by atoms with Crippen molar-refractivity contribution in [1.82, 2.24) is 5.32 Å². The molecule has 1 aromatic carbocycles. The summed E-state index contributed by atoms with van der Waals surface area (Å²) in [5, 5.41) is 3.42. The topological polar surface area (TPSA) is 30.5 Å².